The van der Waals surface area contributed by atoms with Crippen molar-refractivity contribution in [2.24, 2.45) is 0 Å². The molecule has 0 unspecified atom stereocenters. The predicted molar refractivity (Wildman–Crippen MR) is 108 cm³/mol. The smallest absolute Gasteiger partial charge is 0.275 e. The first-order valence-electron chi connectivity index (χ1n) is 8.61. The van der Waals surface area contributed by atoms with Gasteiger partial charge in [-0.15, -0.1) is 11.3 Å². The van der Waals surface area contributed by atoms with E-state index in [1.165, 1.54) is 29.5 Å². The molecule has 3 heterocycles. The summed E-state index contributed by atoms with van der Waals surface area (Å²) in [4.78, 5) is 23.4. The second-order valence-electron chi connectivity index (χ2n) is 6.12. The normalized spacial score (nSPS) is 14.1. The third-order valence-electron chi connectivity index (χ3n) is 4.24. The summed E-state index contributed by atoms with van der Waals surface area (Å²) in [6, 6.07) is 7.66. The van der Waals surface area contributed by atoms with Crippen molar-refractivity contribution in [3.05, 3.63) is 58.4 Å². The zero-order chi connectivity index (χ0) is 19.5. The Morgan fingerprint density at radius 3 is 2.82 bits per heavy atom. The highest BCUT2D eigenvalue weighted by molar-refractivity contribution is 7.13. The Kier molecular flexibility index (Phi) is 5.52. The van der Waals surface area contributed by atoms with Crippen molar-refractivity contribution in [2.45, 2.75) is 0 Å². The van der Waals surface area contributed by atoms with Crippen molar-refractivity contribution < 1.29 is 13.9 Å². The molecular formula is C19H16ClFN4O2S. The standard InChI is InChI=1S/C19H16ClFN4O2S/c20-14-3-2-13(21)9-15(14)23-18(26)16-11-28-19(24-16)12-1-4-17(22-10-12)25-5-7-27-8-6-25/h1-4,9-11H,5-8H2,(H,23,26). The van der Waals surface area contributed by atoms with Gasteiger partial charge in [0.2, 0.25) is 0 Å². The van der Waals surface area contributed by atoms with Crippen LogP contribution in [0.3, 0.4) is 0 Å². The van der Waals surface area contributed by atoms with Crippen molar-refractivity contribution in [3.63, 3.8) is 0 Å². The van der Waals surface area contributed by atoms with Crippen LogP contribution in [-0.4, -0.2) is 42.2 Å². The van der Waals surface area contributed by atoms with Crippen molar-refractivity contribution in [3.8, 4) is 10.6 Å². The minimum Gasteiger partial charge on any atom is -0.378 e. The molecular weight excluding hydrogens is 403 g/mol. The molecule has 144 valence electrons. The Morgan fingerprint density at radius 2 is 2.07 bits per heavy atom. The molecule has 3 aromatic rings. The van der Waals surface area contributed by atoms with Gasteiger partial charge in [0, 0.05) is 30.2 Å². The lowest BCUT2D eigenvalue weighted by molar-refractivity contribution is 0.102. The molecule has 2 aromatic heterocycles. The zero-order valence-electron chi connectivity index (χ0n) is 14.7. The summed E-state index contributed by atoms with van der Waals surface area (Å²) < 4.78 is 18.7. The molecule has 0 saturated carbocycles. The average Bonchev–Trinajstić information content (AvgIpc) is 3.22. The van der Waals surface area contributed by atoms with Gasteiger partial charge < -0.3 is 15.0 Å². The number of carbonyl (C=O) groups is 1. The lowest BCUT2D eigenvalue weighted by atomic mass is 10.2. The van der Waals surface area contributed by atoms with Crippen LogP contribution < -0.4 is 10.2 Å². The van der Waals surface area contributed by atoms with Gasteiger partial charge in [-0.1, -0.05) is 11.6 Å². The fourth-order valence-electron chi connectivity index (χ4n) is 2.78. The zero-order valence-corrected chi connectivity index (χ0v) is 16.3. The van der Waals surface area contributed by atoms with Crippen molar-refractivity contribution in [1.29, 1.82) is 0 Å². The Balaban J connectivity index is 1.47. The third-order valence-corrected chi connectivity index (χ3v) is 5.46. The molecule has 1 aliphatic rings. The predicted octanol–water partition coefficient (Wildman–Crippen LogP) is 4.09. The number of rotatable bonds is 4. The summed E-state index contributed by atoms with van der Waals surface area (Å²) in [6.45, 7) is 3.03. The quantitative estimate of drug-likeness (QED) is 0.691. The van der Waals surface area contributed by atoms with E-state index in [-0.39, 0.29) is 16.4 Å². The number of ether oxygens (including phenoxy) is 1. The maximum atomic E-state index is 13.4. The van der Waals surface area contributed by atoms with E-state index in [1.54, 1.807) is 11.6 Å². The molecule has 9 heteroatoms. The Labute approximate surface area is 169 Å². The van der Waals surface area contributed by atoms with Crippen LogP contribution in [0.5, 0.6) is 0 Å². The van der Waals surface area contributed by atoms with E-state index in [9.17, 15) is 9.18 Å². The number of hydrogen-bond donors (Lipinski definition) is 1. The van der Waals surface area contributed by atoms with Crippen molar-refractivity contribution in [1.82, 2.24) is 9.97 Å². The van der Waals surface area contributed by atoms with E-state index in [2.05, 4.69) is 20.2 Å². The SMILES string of the molecule is O=C(Nc1cc(F)ccc1Cl)c1csc(-c2ccc(N3CCOCC3)nc2)n1. The number of thiazole rings is 1. The first-order valence-corrected chi connectivity index (χ1v) is 9.87. The summed E-state index contributed by atoms with van der Waals surface area (Å²) in [6.07, 6.45) is 1.74. The molecule has 1 N–H and O–H groups in total. The molecule has 1 amide bonds. The van der Waals surface area contributed by atoms with Crippen LogP contribution >= 0.6 is 22.9 Å². The van der Waals surface area contributed by atoms with Crippen LogP contribution in [0, 0.1) is 5.82 Å². The number of pyridine rings is 1. The lowest BCUT2D eigenvalue weighted by Crippen LogP contribution is -2.36. The molecule has 6 nitrogen and oxygen atoms in total. The number of anilines is 2. The van der Waals surface area contributed by atoms with Crippen LogP contribution in [0.25, 0.3) is 10.6 Å². The maximum absolute atomic E-state index is 13.4. The largest absolute Gasteiger partial charge is 0.378 e. The highest BCUT2D eigenvalue weighted by Crippen LogP contribution is 2.27. The third kappa shape index (κ3) is 4.14. The second-order valence-corrected chi connectivity index (χ2v) is 7.39. The second kappa shape index (κ2) is 8.22. The fourth-order valence-corrected chi connectivity index (χ4v) is 3.74. The van der Waals surface area contributed by atoms with Crippen LogP contribution in [0.15, 0.2) is 41.9 Å². The first kappa shape index (κ1) is 18.8. The summed E-state index contributed by atoms with van der Waals surface area (Å²) in [5.41, 5.74) is 1.26. The number of aromatic nitrogens is 2. The van der Waals surface area contributed by atoms with E-state index in [1.807, 2.05) is 12.1 Å². The Hall–Kier alpha value is -2.55. The highest BCUT2D eigenvalue weighted by Gasteiger charge is 2.16. The van der Waals surface area contributed by atoms with Crippen molar-refractivity contribution in [2.75, 3.05) is 36.5 Å². The Bertz CT molecular complexity index is 990. The number of hydrogen-bond acceptors (Lipinski definition) is 6. The summed E-state index contributed by atoms with van der Waals surface area (Å²) in [5.74, 6) is -0.0414. The van der Waals surface area contributed by atoms with E-state index >= 15 is 0 Å². The number of carbonyl (C=O) groups excluding carboxylic acids is 1. The summed E-state index contributed by atoms with van der Waals surface area (Å²) >= 11 is 7.33. The summed E-state index contributed by atoms with van der Waals surface area (Å²) in [5, 5.41) is 5.16. The monoisotopic (exact) mass is 418 g/mol. The van der Waals surface area contributed by atoms with Crippen molar-refractivity contribution >= 4 is 40.4 Å². The van der Waals surface area contributed by atoms with Crippen LogP contribution in [0.4, 0.5) is 15.9 Å². The number of morpholine rings is 1. The lowest BCUT2D eigenvalue weighted by Gasteiger charge is -2.27. The molecule has 0 radical (unpaired) electrons. The number of nitrogens with one attached hydrogen (secondary N) is 1. The van der Waals surface area contributed by atoms with Crippen LogP contribution in [0.1, 0.15) is 10.5 Å². The van der Waals surface area contributed by atoms with Gasteiger partial charge in [0.1, 0.15) is 22.3 Å². The van der Waals surface area contributed by atoms with Gasteiger partial charge in [0.25, 0.3) is 5.91 Å². The molecule has 0 atom stereocenters. The maximum Gasteiger partial charge on any atom is 0.275 e. The number of amides is 1. The van der Waals surface area contributed by atoms with Crippen LogP contribution in [0.2, 0.25) is 5.02 Å². The fraction of sp³-hybridized carbons (Fsp3) is 0.211. The van der Waals surface area contributed by atoms with E-state index in [4.69, 9.17) is 16.3 Å². The van der Waals surface area contributed by atoms with E-state index < -0.39 is 11.7 Å². The van der Waals surface area contributed by atoms with E-state index in [0.717, 1.165) is 24.5 Å². The molecule has 0 spiro atoms. The number of benzene rings is 1. The van der Waals surface area contributed by atoms with Crippen LogP contribution in [-0.2, 0) is 4.74 Å². The molecule has 4 rings (SSSR count). The Morgan fingerprint density at radius 1 is 1.25 bits per heavy atom. The molecule has 1 aliphatic heterocycles. The van der Waals surface area contributed by atoms with Gasteiger partial charge in [-0.3, -0.25) is 4.79 Å². The molecule has 1 saturated heterocycles. The van der Waals surface area contributed by atoms with Gasteiger partial charge in [0.05, 0.1) is 23.9 Å². The molecule has 0 aliphatic carbocycles. The summed E-state index contributed by atoms with van der Waals surface area (Å²) in [7, 11) is 0. The number of nitrogens with zero attached hydrogens (tertiary/aromatic N) is 3. The average molecular weight is 419 g/mol. The van der Waals surface area contributed by atoms with Gasteiger partial charge >= 0.3 is 0 Å². The minimum atomic E-state index is -0.481. The highest BCUT2D eigenvalue weighted by atomic mass is 35.5. The molecule has 0 bridgehead atoms. The van der Waals surface area contributed by atoms with Gasteiger partial charge in [-0.2, -0.15) is 0 Å². The van der Waals surface area contributed by atoms with E-state index in [0.29, 0.717) is 18.2 Å². The van der Waals surface area contributed by atoms with Gasteiger partial charge in [0.15, 0.2) is 0 Å². The first-order chi connectivity index (χ1) is 13.6. The topological polar surface area (TPSA) is 67.4 Å². The molecule has 28 heavy (non-hydrogen) atoms. The van der Waals surface area contributed by atoms with Gasteiger partial charge in [-0.05, 0) is 30.3 Å². The van der Waals surface area contributed by atoms with Gasteiger partial charge in [-0.25, -0.2) is 14.4 Å². The molecule has 1 fully saturated rings. The molecule has 1 aromatic carbocycles. The number of halogens is 2. The minimum absolute atomic E-state index is 0.206.